The lowest BCUT2D eigenvalue weighted by atomic mass is 10.3. The predicted molar refractivity (Wildman–Crippen MR) is 47.6 cm³/mol. The van der Waals surface area contributed by atoms with Crippen LogP contribution in [0.5, 0.6) is 5.88 Å². The van der Waals surface area contributed by atoms with E-state index in [9.17, 15) is 21.6 Å². The minimum atomic E-state index is -5.60. The monoisotopic (exact) mass is 272 g/mol. The van der Waals surface area contributed by atoms with Crippen molar-refractivity contribution >= 4 is 10.1 Å². The van der Waals surface area contributed by atoms with Gasteiger partial charge in [0.1, 0.15) is 12.7 Å². The summed E-state index contributed by atoms with van der Waals surface area (Å²) in [7, 11) is -5.60. The van der Waals surface area contributed by atoms with Crippen LogP contribution in [0.15, 0.2) is 12.3 Å². The quantitative estimate of drug-likeness (QED) is 0.579. The molecule has 0 aromatic carbocycles. The highest BCUT2D eigenvalue weighted by Crippen LogP contribution is 2.27. The molecule has 96 valence electrons. The summed E-state index contributed by atoms with van der Waals surface area (Å²) in [5.74, 6) is 0.356. The number of alkyl halides is 3. The summed E-state index contributed by atoms with van der Waals surface area (Å²) in [6, 6.07) is 1.51. The number of nitrogens with zero attached hydrogens (tertiary/aromatic N) is 2. The molecule has 0 spiro atoms. The molecule has 0 N–H and O–H groups in total. The summed E-state index contributed by atoms with van der Waals surface area (Å²) in [6.45, 7) is -0.390. The summed E-state index contributed by atoms with van der Waals surface area (Å²) in [6.07, 6.45) is 0.143. The fourth-order valence-electron chi connectivity index (χ4n) is 1.30. The highest BCUT2D eigenvalue weighted by atomic mass is 32.2. The van der Waals surface area contributed by atoms with Crippen molar-refractivity contribution in [3.05, 3.63) is 12.3 Å². The van der Waals surface area contributed by atoms with E-state index >= 15 is 0 Å². The molecular formula is C7H7F3N2O4S. The van der Waals surface area contributed by atoms with Crippen LogP contribution in [0.4, 0.5) is 13.2 Å². The highest BCUT2D eigenvalue weighted by Gasteiger charge is 2.49. The molecule has 2 heterocycles. The van der Waals surface area contributed by atoms with Gasteiger partial charge >= 0.3 is 15.6 Å². The van der Waals surface area contributed by atoms with Gasteiger partial charge in [-0.25, -0.2) is 4.68 Å². The molecule has 0 aliphatic carbocycles. The summed E-state index contributed by atoms with van der Waals surface area (Å²) in [5, 5.41) is 3.73. The van der Waals surface area contributed by atoms with Crippen LogP contribution in [-0.4, -0.2) is 36.4 Å². The zero-order valence-electron chi connectivity index (χ0n) is 8.22. The van der Waals surface area contributed by atoms with E-state index in [1.807, 2.05) is 0 Å². The second-order valence-electron chi connectivity index (χ2n) is 3.28. The Kier molecular flexibility index (Phi) is 2.78. The molecule has 0 fully saturated rings. The second-order valence-corrected chi connectivity index (χ2v) is 4.84. The van der Waals surface area contributed by atoms with Crippen LogP contribution in [0, 0.1) is 0 Å². The van der Waals surface area contributed by atoms with Crippen molar-refractivity contribution in [2.45, 2.75) is 18.2 Å². The number of aromatic nitrogens is 2. The van der Waals surface area contributed by atoms with Crippen molar-refractivity contribution in [2.75, 3.05) is 6.61 Å². The van der Waals surface area contributed by atoms with Gasteiger partial charge in [-0.2, -0.15) is 26.7 Å². The lowest BCUT2D eigenvalue weighted by Gasteiger charge is -2.23. The maximum absolute atomic E-state index is 12.0. The molecule has 2 rings (SSSR count). The number of fused-ring (bicyclic) bond motifs is 1. The van der Waals surface area contributed by atoms with E-state index in [2.05, 4.69) is 9.28 Å². The van der Waals surface area contributed by atoms with Crippen molar-refractivity contribution in [2.24, 2.45) is 0 Å². The molecule has 17 heavy (non-hydrogen) atoms. The third-order valence-electron chi connectivity index (χ3n) is 2.02. The molecule has 0 bridgehead atoms. The fraction of sp³-hybridized carbons (Fsp3) is 0.571. The van der Waals surface area contributed by atoms with Crippen molar-refractivity contribution in [3.8, 4) is 5.88 Å². The Morgan fingerprint density at radius 1 is 1.53 bits per heavy atom. The SMILES string of the molecule is O=S(=O)(O[C@H]1COc2ccnn2C1)C(F)(F)F. The van der Waals surface area contributed by atoms with Crippen LogP contribution in [0.1, 0.15) is 0 Å². The number of hydrogen-bond acceptors (Lipinski definition) is 5. The molecule has 10 heteroatoms. The molecule has 1 atom stereocenters. The highest BCUT2D eigenvalue weighted by molar-refractivity contribution is 7.87. The normalized spacial score (nSPS) is 20.8. The molecule has 0 amide bonds. The third-order valence-corrected chi connectivity index (χ3v) is 3.11. The van der Waals surface area contributed by atoms with Gasteiger partial charge in [0.05, 0.1) is 12.7 Å². The van der Waals surface area contributed by atoms with Crippen molar-refractivity contribution in [1.29, 1.82) is 0 Å². The minimum Gasteiger partial charge on any atom is -0.475 e. The van der Waals surface area contributed by atoms with E-state index in [0.29, 0.717) is 5.88 Å². The van der Waals surface area contributed by atoms with Gasteiger partial charge in [-0.05, 0) is 0 Å². The number of rotatable bonds is 2. The molecule has 0 unspecified atom stereocenters. The Bertz CT molecular complexity index is 509. The van der Waals surface area contributed by atoms with Crippen LogP contribution in [0.2, 0.25) is 0 Å². The number of halogens is 3. The van der Waals surface area contributed by atoms with E-state index < -0.39 is 21.7 Å². The first-order valence-electron chi connectivity index (χ1n) is 4.44. The van der Waals surface area contributed by atoms with Gasteiger partial charge < -0.3 is 4.74 Å². The van der Waals surface area contributed by atoms with Gasteiger partial charge in [-0.3, -0.25) is 4.18 Å². The summed E-state index contributed by atoms with van der Waals surface area (Å²) >= 11 is 0. The van der Waals surface area contributed by atoms with Gasteiger partial charge in [-0.15, -0.1) is 0 Å². The first kappa shape index (κ1) is 12.2. The van der Waals surface area contributed by atoms with Crippen LogP contribution >= 0.6 is 0 Å². The topological polar surface area (TPSA) is 70.4 Å². The molecule has 0 saturated carbocycles. The molecule has 0 saturated heterocycles. The van der Waals surface area contributed by atoms with Crippen molar-refractivity contribution in [1.82, 2.24) is 9.78 Å². The average molecular weight is 272 g/mol. The van der Waals surface area contributed by atoms with Gasteiger partial charge in [0, 0.05) is 6.07 Å². The maximum atomic E-state index is 12.0. The molecule has 0 radical (unpaired) electrons. The van der Waals surface area contributed by atoms with Gasteiger partial charge in [0.15, 0.2) is 0 Å². The summed E-state index contributed by atoms with van der Waals surface area (Å²) in [4.78, 5) is 0. The van der Waals surface area contributed by atoms with Gasteiger partial charge in [-0.1, -0.05) is 0 Å². The largest absolute Gasteiger partial charge is 0.523 e. The van der Waals surface area contributed by atoms with E-state index in [4.69, 9.17) is 4.74 Å². The van der Waals surface area contributed by atoms with Crippen LogP contribution in [0.3, 0.4) is 0 Å². The summed E-state index contributed by atoms with van der Waals surface area (Å²) in [5.41, 5.74) is -5.43. The Morgan fingerprint density at radius 2 is 2.24 bits per heavy atom. The fourth-order valence-corrected chi connectivity index (χ4v) is 1.88. The zero-order valence-corrected chi connectivity index (χ0v) is 9.03. The molecule has 1 aliphatic heterocycles. The predicted octanol–water partition coefficient (Wildman–Crippen LogP) is 0.510. The van der Waals surface area contributed by atoms with Crippen LogP contribution in [0.25, 0.3) is 0 Å². The van der Waals surface area contributed by atoms with Crippen LogP contribution in [-0.2, 0) is 20.8 Å². The molecular weight excluding hydrogens is 265 g/mol. The van der Waals surface area contributed by atoms with Crippen LogP contribution < -0.4 is 4.74 Å². The Hall–Kier alpha value is -1.29. The lowest BCUT2D eigenvalue weighted by molar-refractivity contribution is -0.0608. The first-order chi connectivity index (χ1) is 7.79. The Labute approximate surface area is 94.1 Å². The standard InChI is InChI=1S/C7H7F3N2O4S/c8-7(9,10)17(13,14)16-5-3-12-6(15-4-5)1-2-11-12/h1-2,5H,3-4H2/t5-/m1/s1. The summed E-state index contributed by atoms with van der Waals surface area (Å²) < 4.78 is 67.9. The second kappa shape index (κ2) is 3.88. The zero-order chi connectivity index (χ0) is 12.7. The maximum Gasteiger partial charge on any atom is 0.523 e. The lowest BCUT2D eigenvalue weighted by Crippen LogP contribution is -2.38. The average Bonchev–Trinajstić information content (AvgIpc) is 2.62. The Balaban J connectivity index is 2.09. The minimum absolute atomic E-state index is 0.113. The van der Waals surface area contributed by atoms with Crippen molar-refractivity contribution < 1.29 is 30.5 Å². The van der Waals surface area contributed by atoms with E-state index in [1.165, 1.54) is 16.9 Å². The number of hydrogen-bond donors (Lipinski definition) is 0. The Morgan fingerprint density at radius 3 is 2.88 bits per heavy atom. The molecule has 6 nitrogen and oxygen atoms in total. The van der Waals surface area contributed by atoms with Crippen molar-refractivity contribution in [3.63, 3.8) is 0 Å². The first-order valence-corrected chi connectivity index (χ1v) is 5.84. The van der Waals surface area contributed by atoms with E-state index in [0.717, 1.165) is 0 Å². The van der Waals surface area contributed by atoms with E-state index in [-0.39, 0.29) is 13.2 Å². The van der Waals surface area contributed by atoms with E-state index in [1.54, 1.807) is 0 Å². The smallest absolute Gasteiger partial charge is 0.475 e. The van der Waals surface area contributed by atoms with Gasteiger partial charge in [0.25, 0.3) is 0 Å². The third kappa shape index (κ3) is 2.36. The number of ether oxygens (including phenoxy) is 1. The molecule has 1 aliphatic rings. The molecule has 1 aromatic rings. The van der Waals surface area contributed by atoms with Gasteiger partial charge in [0.2, 0.25) is 5.88 Å². The molecule has 1 aromatic heterocycles.